The number of nitrogens with one attached hydrogen (secondary N) is 1. The number of thiazole rings is 1. The minimum absolute atomic E-state index is 0.319. The van der Waals surface area contributed by atoms with Crippen molar-refractivity contribution in [3.05, 3.63) is 52.0 Å². The van der Waals surface area contributed by atoms with Crippen molar-refractivity contribution in [2.24, 2.45) is 16.9 Å². The number of anilines is 1. The van der Waals surface area contributed by atoms with Crippen LogP contribution in [0.4, 0.5) is 5.13 Å². The first-order chi connectivity index (χ1) is 14.4. The van der Waals surface area contributed by atoms with Crippen molar-refractivity contribution in [3.8, 4) is 11.3 Å². The van der Waals surface area contributed by atoms with E-state index in [0.717, 1.165) is 22.6 Å². The summed E-state index contributed by atoms with van der Waals surface area (Å²) >= 11 is 3.04. The molecule has 1 aromatic carbocycles. The lowest BCUT2D eigenvalue weighted by molar-refractivity contribution is 0.222. The molecule has 30 heavy (non-hydrogen) atoms. The molecule has 2 aromatic heterocycles. The maximum absolute atomic E-state index is 13.2. The number of rotatable bonds is 6. The lowest BCUT2D eigenvalue weighted by Crippen LogP contribution is -2.42. The van der Waals surface area contributed by atoms with Crippen LogP contribution < -0.4 is 5.43 Å². The van der Waals surface area contributed by atoms with Gasteiger partial charge in [0.05, 0.1) is 16.8 Å². The molecular weight excluding hydrogens is 436 g/mol. The third kappa shape index (κ3) is 4.80. The van der Waals surface area contributed by atoms with Gasteiger partial charge < -0.3 is 0 Å². The van der Waals surface area contributed by atoms with Crippen molar-refractivity contribution in [2.45, 2.75) is 25.2 Å². The maximum atomic E-state index is 13.2. The van der Waals surface area contributed by atoms with Crippen LogP contribution in [-0.2, 0) is 10.0 Å². The molecule has 3 aromatic rings. The van der Waals surface area contributed by atoms with Crippen molar-refractivity contribution < 1.29 is 8.42 Å². The van der Waals surface area contributed by atoms with E-state index in [0.29, 0.717) is 35.0 Å². The first-order valence-electron chi connectivity index (χ1n) is 9.80. The highest BCUT2D eigenvalue weighted by Gasteiger charge is 2.31. The van der Waals surface area contributed by atoms with Crippen LogP contribution in [0.15, 0.2) is 57.2 Å². The van der Waals surface area contributed by atoms with Gasteiger partial charge in [-0.05, 0) is 41.8 Å². The van der Waals surface area contributed by atoms with Crippen molar-refractivity contribution in [1.29, 1.82) is 0 Å². The Morgan fingerprint density at radius 3 is 2.70 bits per heavy atom. The summed E-state index contributed by atoms with van der Waals surface area (Å²) in [6, 6.07) is 11.0. The van der Waals surface area contributed by atoms with Gasteiger partial charge in [0.2, 0.25) is 15.2 Å². The van der Waals surface area contributed by atoms with Crippen LogP contribution in [0.1, 0.15) is 25.1 Å². The predicted molar refractivity (Wildman–Crippen MR) is 125 cm³/mol. The molecule has 0 amide bonds. The lowest BCUT2D eigenvalue weighted by atomic mass is 9.94. The SMILES string of the molecule is CC1CC(C)CN(S(=O)(=O)c2cccc(-c3csc(NN=Cc4cccs4)n3)c2)C1. The fourth-order valence-corrected chi connectivity index (χ4v) is 6.72. The molecule has 1 aliphatic rings. The van der Waals surface area contributed by atoms with Crippen LogP contribution in [0.25, 0.3) is 11.3 Å². The average Bonchev–Trinajstić information content (AvgIpc) is 3.40. The highest BCUT2D eigenvalue weighted by molar-refractivity contribution is 7.89. The number of benzene rings is 1. The van der Waals surface area contributed by atoms with Gasteiger partial charge in [0.15, 0.2) is 0 Å². The third-order valence-corrected chi connectivity index (χ3v) is 8.38. The molecule has 4 rings (SSSR count). The Bertz CT molecular complexity index is 1110. The van der Waals surface area contributed by atoms with E-state index in [1.807, 2.05) is 29.0 Å². The average molecular weight is 461 g/mol. The van der Waals surface area contributed by atoms with Crippen molar-refractivity contribution in [1.82, 2.24) is 9.29 Å². The van der Waals surface area contributed by atoms with Crippen LogP contribution in [-0.4, -0.2) is 37.0 Å². The Kier molecular flexibility index (Phi) is 6.33. The Balaban J connectivity index is 1.51. The lowest BCUT2D eigenvalue weighted by Gasteiger charge is -2.34. The number of hydrazone groups is 1. The van der Waals surface area contributed by atoms with Gasteiger partial charge in [-0.1, -0.05) is 32.0 Å². The van der Waals surface area contributed by atoms with E-state index in [1.54, 1.807) is 40.1 Å². The largest absolute Gasteiger partial charge is 0.253 e. The molecule has 9 heteroatoms. The molecule has 0 bridgehead atoms. The number of hydrogen-bond acceptors (Lipinski definition) is 7. The van der Waals surface area contributed by atoms with Gasteiger partial charge in [0, 0.05) is 28.9 Å². The quantitative estimate of drug-likeness (QED) is 0.416. The smallest absolute Gasteiger partial charge is 0.243 e. The van der Waals surface area contributed by atoms with E-state index in [4.69, 9.17) is 0 Å². The highest BCUT2D eigenvalue weighted by Crippen LogP contribution is 2.30. The van der Waals surface area contributed by atoms with Gasteiger partial charge in [0.1, 0.15) is 0 Å². The normalized spacial score (nSPS) is 20.6. The fraction of sp³-hybridized carbons (Fsp3) is 0.333. The maximum Gasteiger partial charge on any atom is 0.243 e. The van der Waals surface area contributed by atoms with E-state index in [1.165, 1.54) is 11.3 Å². The van der Waals surface area contributed by atoms with Crippen molar-refractivity contribution in [3.63, 3.8) is 0 Å². The molecule has 1 saturated heterocycles. The number of sulfonamides is 1. The molecule has 1 fully saturated rings. The molecule has 0 spiro atoms. The number of piperidine rings is 1. The van der Waals surface area contributed by atoms with Crippen molar-refractivity contribution >= 4 is 44.0 Å². The minimum Gasteiger partial charge on any atom is -0.253 e. The van der Waals surface area contributed by atoms with Gasteiger partial charge in [-0.2, -0.15) is 9.41 Å². The molecule has 3 heterocycles. The summed E-state index contributed by atoms with van der Waals surface area (Å²) in [7, 11) is -3.52. The van der Waals surface area contributed by atoms with E-state index < -0.39 is 10.0 Å². The zero-order chi connectivity index (χ0) is 21.1. The summed E-state index contributed by atoms with van der Waals surface area (Å²) in [5, 5.41) is 8.76. The standard InChI is InChI=1S/C21H24N4O2S3/c1-15-9-16(2)13-25(12-15)30(26,27)19-7-3-5-17(10-19)20-14-29-21(23-20)24-22-11-18-6-4-8-28-18/h3-8,10-11,14-16H,9,12-13H2,1-2H3,(H,23,24). The highest BCUT2D eigenvalue weighted by atomic mass is 32.2. The fourth-order valence-electron chi connectivity index (χ4n) is 3.74. The van der Waals surface area contributed by atoms with Gasteiger partial charge in [-0.15, -0.1) is 22.7 Å². The molecule has 2 atom stereocenters. The molecular formula is C21H24N4O2S3. The number of hydrogen-bond donors (Lipinski definition) is 1. The number of thiophene rings is 1. The van der Waals surface area contributed by atoms with E-state index in [-0.39, 0.29) is 0 Å². The molecule has 0 saturated carbocycles. The van der Waals surface area contributed by atoms with Crippen LogP contribution in [0, 0.1) is 11.8 Å². The molecule has 0 aliphatic carbocycles. The van der Waals surface area contributed by atoms with Crippen LogP contribution in [0.2, 0.25) is 0 Å². The molecule has 1 N–H and O–H groups in total. The molecule has 1 aliphatic heterocycles. The minimum atomic E-state index is -3.52. The summed E-state index contributed by atoms with van der Waals surface area (Å²) in [5.74, 6) is 0.738. The Hall–Kier alpha value is -2.07. The Morgan fingerprint density at radius 1 is 1.17 bits per heavy atom. The van der Waals surface area contributed by atoms with Crippen molar-refractivity contribution in [2.75, 3.05) is 18.5 Å². The third-order valence-electron chi connectivity index (χ3n) is 5.00. The number of aromatic nitrogens is 1. The summed E-state index contributed by atoms with van der Waals surface area (Å²) in [6.07, 6.45) is 2.81. The zero-order valence-electron chi connectivity index (χ0n) is 16.9. The Labute approximate surface area is 185 Å². The van der Waals surface area contributed by atoms with E-state index in [2.05, 4.69) is 29.4 Å². The second kappa shape index (κ2) is 8.97. The molecule has 158 valence electrons. The van der Waals surface area contributed by atoms with Gasteiger partial charge in [-0.3, -0.25) is 5.43 Å². The molecule has 2 unspecified atom stereocenters. The topological polar surface area (TPSA) is 74.7 Å². The van der Waals surface area contributed by atoms with Crippen LogP contribution in [0.3, 0.4) is 0 Å². The summed E-state index contributed by atoms with van der Waals surface area (Å²) < 4.78 is 28.0. The van der Waals surface area contributed by atoms with Crippen LogP contribution >= 0.6 is 22.7 Å². The van der Waals surface area contributed by atoms with Gasteiger partial charge >= 0.3 is 0 Å². The summed E-state index contributed by atoms with van der Waals surface area (Å²) in [4.78, 5) is 5.92. The monoisotopic (exact) mass is 460 g/mol. The zero-order valence-corrected chi connectivity index (χ0v) is 19.3. The second-order valence-electron chi connectivity index (χ2n) is 7.72. The van der Waals surface area contributed by atoms with Gasteiger partial charge in [-0.25, -0.2) is 13.4 Å². The first kappa shape index (κ1) is 21.2. The van der Waals surface area contributed by atoms with E-state index >= 15 is 0 Å². The molecule has 6 nitrogen and oxygen atoms in total. The first-order valence-corrected chi connectivity index (χ1v) is 13.0. The predicted octanol–water partition coefficient (Wildman–Crippen LogP) is 4.98. The summed E-state index contributed by atoms with van der Waals surface area (Å²) in [5.41, 5.74) is 4.44. The molecule has 0 radical (unpaired) electrons. The van der Waals surface area contributed by atoms with E-state index in [9.17, 15) is 8.42 Å². The van der Waals surface area contributed by atoms with Gasteiger partial charge in [0.25, 0.3) is 0 Å². The Morgan fingerprint density at radius 2 is 1.97 bits per heavy atom. The number of nitrogens with zero attached hydrogens (tertiary/aromatic N) is 3. The second-order valence-corrected chi connectivity index (χ2v) is 11.5. The summed E-state index contributed by atoms with van der Waals surface area (Å²) in [6.45, 7) is 5.37. The van der Waals surface area contributed by atoms with Crippen LogP contribution in [0.5, 0.6) is 0 Å².